The van der Waals surface area contributed by atoms with Crippen molar-refractivity contribution in [3.05, 3.63) is 23.8 Å². The molecular weight excluding hydrogens is 268 g/mol. The lowest BCUT2D eigenvalue weighted by atomic mass is 9.89. The number of hydrogen-bond acceptors (Lipinski definition) is 5. The van der Waals surface area contributed by atoms with E-state index in [1.165, 1.54) is 0 Å². The van der Waals surface area contributed by atoms with Gasteiger partial charge in [0.15, 0.2) is 0 Å². The van der Waals surface area contributed by atoms with Crippen LogP contribution in [0.3, 0.4) is 0 Å². The first-order chi connectivity index (χ1) is 10.1. The van der Waals surface area contributed by atoms with Crippen LogP contribution >= 0.6 is 0 Å². The van der Waals surface area contributed by atoms with Gasteiger partial charge in [-0.1, -0.05) is 0 Å². The normalized spacial score (nSPS) is 22.8. The summed E-state index contributed by atoms with van der Waals surface area (Å²) in [5.41, 5.74) is 0.927. The highest BCUT2D eigenvalue weighted by molar-refractivity contribution is 5.78. The lowest BCUT2D eigenvalue weighted by Gasteiger charge is -2.46. The maximum atomic E-state index is 11.5. The zero-order valence-electron chi connectivity index (χ0n) is 12.7. The molecule has 21 heavy (non-hydrogen) atoms. The summed E-state index contributed by atoms with van der Waals surface area (Å²) < 4.78 is 5.86. The van der Waals surface area contributed by atoms with Gasteiger partial charge in [0.25, 0.3) is 0 Å². The van der Waals surface area contributed by atoms with Crippen molar-refractivity contribution < 1.29 is 9.53 Å². The molecule has 3 rings (SSSR count). The van der Waals surface area contributed by atoms with Gasteiger partial charge >= 0.3 is 0 Å². The van der Waals surface area contributed by atoms with Crippen LogP contribution in [0.5, 0.6) is 0 Å². The van der Waals surface area contributed by atoms with Gasteiger partial charge in [-0.3, -0.25) is 9.69 Å². The standard InChI is InChI=1S/C15H22N4O2/c1-12-16-6-3-13(17-12)9-19-7-4-15(5-8-19)11-18(2)14(20)10-21-15/h3,6H,4-5,7-11H2,1-2H3. The quantitative estimate of drug-likeness (QED) is 0.798. The Bertz CT molecular complexity index is 526. The van der Waals surface area contributed by atoms with E-state index in [0.717, 1.165) is 44.0 Å². The number of likely N-dealkylation sites (N-methyl/N-ethyl adjacent to an activating group) is 1. The van der Waals surface area contributed by atoms with E-state index in [9.17, 15) is 4.79 Å². The van der Waals surface area contributed by atoms with Crippen LogP contribution in [0.15, 0.2) is 12.3 Å². The number of piperidine rings is 1. The second-order valence-corrected chi connectivity index (χ2v) is 6.09. The predicted octanol–water partition coefficient (Wildman–Crippen LogP) is 0.608. The SMILES string of the molecule is Cc1nccc(CN2CCC3(CC2)CN(C)C(=O)CO3)n1. The van der Waals surface area contributed by atoms with Crippen LogP contribution in [-0.2, 0) is 16.1 Å². The Morgan fingerprint density at radius 2 is 2.14 bits per heavy atom. The van der Waals surface area contributed by atoms with Gasteiger partial charge in [-0.05, 0) is 25.8 Å². The summed E-state index contributed by atoms with van der Waals surface area (Å²) in [5, 5.41) is 0. The van der Waals surface area contributed by atoms with Gasteiger partial charge in [0.05, 0.1) is 11.3 Å². The van der Waals surface area contributed by atoms with Gasteiger partial charge in [-0.15, -0.1) is 0 Å². The van der Waals surface area contributed by atoms with Gasteiger partial charge in [-0.25, -0.2) is 9.97 Å². The number of rotatable bonds is 2. The van der Waals surface area contributed by atoms with E-state index in [4.69, 9.17) is 4.74 Å². The molecule has 6 heteroatoms. The Hall–Kier alpha value is -1.53. The fraction of sp³-hybridized carbons (Fsp3) is 0.667. The van der Waals surface area contributed by atoms with E-state index in [1.807, 2.05) is 26.2 Å². The van der Waals surface area contributed by atoms with Gasteiger partial charge in [0, 0.05) is 39.4 Å². The molecule has 0 aliphatic carbocycles. The number of carbonyl (C=O) groups is 1. The molecule has 0 saturated carbocycles. The van der Waals surface area contributed by atoms with Crippen LogP contribution < -0.4 is 0 Å². The number of morpholine rings is 1. The Labute approximate surface area is 125 Å². The van der Waals surface area contributed by atoms with Crippen LogP contribution in [0.4, 0.5) is 0 Å². The van der Waals surface area contributed by atoms with Crippen LogP contribution in [-0.4, -0.2) is 64.6 Å². The Kier molecular flexibility index (Phi) is 3.91. The summed E-state index contributed by atoms with van der Waals surface area (Å²) in [4.78, 5) is 24.3. The largest absolute Gasteiger partial charge is 0.363 e. The van der Waals surface area contributed by atoms with E-state index < -0.39 is 0 Å². The summed E-state index contributed by atoms with van der Waals surface area (Å²) in [7, 11) is 1.86. The summed E-state index contributed by atoms with van der Waals surface area (Å²) in [6.07, 6.45) is 3.75. The molecule has 1 spiro atoms. The molecule has 3 heterocycles. The molecule has 6 nitrogen and oxygen atoms in total. The summed E-state index contributed by atoms with van der Waals surface area (Å²) in [6, 6.07) is 1.97. The molecule has 0 unspecified atom stereocenters. The second kappa shape index (κ2) is 5.69. The molecular formula is C15H22N4O2. The average Bonchev–Trinajstić information content (AvgIpc) is 2.46. The molecule has 1 aromatic rings. The zero-order chi connectivity index (χ0) is 14.9. The maximum Gasteiger partial charge on any atom is 0.248 e. The van der Waals surface area contributed by atoms with Gasteiger partial charge in [-0.2, -0.15) is 0 Å². The second-order valence-electron chi connectivity index (χ2n) is 6.09. The highest BCUT2D eigenvalue weighted by atomic mass is 16.5. The van der Waals surface area contributed by atoms with E-state index in [-0.39, 0.29) is 18.1 Å². The zero-order valence-corrected chi connectivity index (χ0v) is 12.7. The third-order valence-electron chi connectivity index (χ3n) is 4.44. The van der Waals surface area contributed by atoms with Crippen molar-refractivity contribution in [2.75, 3.05) is 33.3 Å². The smallest absolute Gasteiger partial charge is 0.248 e. The monoisotopic (exact) mass is 290 g/mol. The minimum atomic E-state index is -0.138. The van der Waals surface area contributed by atoms with Crippen molar-refractivity contribution in [1.29, 1.82) is 0 Å². The Morgan fingerprint density at radius 1 is 1.38 bits per heavy atom. The van der Waals surface area contributed by atoms with Gasteiger partial charge in [0.1, 0.15) is 12.4 Å². The third-order valence-corrected chi connectivity index (χ3v) is 4.44. The summed E-state index contributed by atoms with van der Waals surface area (Å²) >= 11 is 0. The van der Waals surface area contributed by atoms with E-state index >= 15 is 0 Å². The first-order valence-corrected chi connectivity index (χ1v) is 7.45. The molecule has 0 bridgehead atoms. The molecule has 0 atom stereocenters. The Balaban J connectivity index is 1.57. The fourth-order valence-corrected chi connectivity index (χ4v) is 3.13. The van der Waals surface area contributed by atoms with Gasteiger partial charge < -0.3 is 9.64 Å². The molecule has 1 aromatic heterocycles. The minimum absolute atomic E-state index is 0.0829. The number of amides is 1. The van der Waals surface area contributed by atoms with Crippen molar-refractivity contribution >= 4 is 5.91 Å². The highest BCUT2D eigenvalue weighted by Gasteiger charge is 2.41. The molecule has 114 valence electrons. The number of likely N-dealkylation sites (tertiary alicyclic amines) is 1. The van der Waals surface area contributed by atoms with Crippen molar-refractivity contribution in [3.8, 4) is 0 Å². The van der Waals surface area contributed by atoms with Crippen molar-refractivity contribution in [3.63, 3.8) is 0 Å². The van der Waals surface area contributed by atoms with Crippen molar-refractivity contribution in [1.82, 2.24) is 19.8 Å². The van der Waals surface area contributed by atoms with Crippen molar-refractivity contribution in [2.24, 2.45) is 0 Å². The van der Waals surface area contributed by atoms with Crippen LogP contribution in [0.25, 0.3) is 0 Å². The number of aromatic nitrogens is 2. The van der Waals surface area contributed by atoms with Gasteiger partial charge in [0.2, 0.25) is 5.91 Å². The van der Waals surface area contributed by atoms with E-state index in [0.29, 0.717) is 6.54 Å². The minimum Gasteiger partial charge on any atom is -0.363 e. The molecule has 2 aliphatic rings. The predicted molar refractivity (Wildman–Crippen MR) is 77.6 cm³/mol. The number of ether oxygens (including phenoxy) is 1. The fourth-order valence-electron chi connectivity index (χ4n) is 3.13. The van der Waals surface area contributed by atoms with E-state index in [1.54, 1.807) is 4.90 Å². The molecule has 0 N–H and O–H groups in total. The van der Waals surface area contributed by atoms with Crippen LogP contribution in [0.2, 0.25) is 0 Å². The summed E-state index contributed by atoms with van der Waals surface area (Å²) in [5.74, 6) is 0.899. The summed E-state index contributed by atoms with van der Waals surface area (Å²) in [6.45, 7) is 5.66. The number of carbonyl (C=O) groups excluding carboxylic acids is 1. The highest BCUT2D eigenvalue weighted by Crippen LogP contribution is 2.30. The molecule has 2 saturated heterocycles. The molecule has 2 fully saturated rings. The first-order valence-electron chi connectivity index (χ1n) is 7.45. The van der Waals surface area contributed by atoms with E-state index in [2.05, 4.69) is 14.9 Å². The number of hydrogen-bond donors (Lipinski definition) is 0. The average molecular weight is 290 g/mol. The molecule has 1 amide bonds. The molecule has 0 radical (unpaired) electrons. The number of aryl methyl sites for hydroxylation is 1. The van der Waals surface area contributed by atoms with Crippen LogP contribution in [0.1, 0.15) is 24.4 Å². The lowest BCUT2D eigenvalue weighted by molar-refractivity contribution is -0.169. The lowest BCUT2D eigenvalue weighted by Crippen LogP contribution is -2.57. The molecule has 0 aromatic carbocycles. The topological polar surface area (TPSA) is 58.6 Å². The van der Waals surface area contributed by atoms with Crippen LogP contribution in [0, 0.1) is 6.92 Å². The molecule has 2 aliphatic heterocycles. The Morgan fingerprint density at radius 3 is 2.81 bits per heavy atom. The third kappa shape index (κ3) is 3.22. The maximum absolute atomic E-state index is 11.5. The number of nitrogens with zero attached hydrogens (tertiary/aromatic N) is 4. The van der Waals surface area contributed by atoms with Crippen molar-refractivity contribution in [2.45, 2.75) is 31.9 Å². The first kappa shape index (κ1) is 14.4.